The lowest BCUT2D eigenvalue weighted by Crippen LogP contribution is -2.47. The molecule has 0 aliphatic carbocycles. The average Bonchev–Trinajstić information content (AvgIpc) is 2.66. The van der Waals surface area contributed by atoms with Crippen LogP contribution in [-0.2, 0) is 24.3 Å². The maximum Gasteiger partial charge on any atom is 0.307 e. The number of esters is 1. The van der Waals surface area contributed by atoms with Crippen LogP contribution in [0.15, 0.2) is 29.2 Å². The SMILES string of the molecule is CC(=O)c1cccc(S(=O)(=O)NCCC(=O)O[C@H](C)C(=O)N2C[C@H](C)C[C@@H](C)C2)c1. The fraction of sp³-hybridized carbons (Fsp3) is 0.571. The number of amides is 1. The maximum atomic E-state index is 12.5. The van der Waals surface area contributed by atoms with Crippen LogP contribution in [0, 0.1) is 11.8 Å². The van der Waals surface area contributed by atoms with Crippen LogP contribution in [0.1, 0.15) is 50.9 Å². The molecular formula is C21H30N2O6S. The highest BCUT2D eigenvalue weighted by atomic mass is 32.2. The molecule has 3 atom stereocenters. The summed E-state index contributed by atoms with van der Waals surface area (Å²) in [4.78, 5) is 37.7. The quantitative estimate of drug-likeness (QED) is 0.491. The van der Waals surface area contributed by atoms with Crippen molar-refractivity contribution >= 4 is 27.7 Å². The van der Waals surface area contributed by atoms with E-state index in [2.05, 4.69) is 18.6 Å². The number of benzene rings is 1. The number of nitrogens with one attached hydrogen (secondary N) is 1. The number of piperidine rings is 1. The summed E-state index contributed by atoms with van der Waals surface area (Å²) in [5.41, 5.74) is 0.283. The van der Waals surface area contributed by atoms with E-state index in [1.54, 1.807) is 4.90 Å². The lowest BCUT2D eigenvalue weighted by Gasteiger charge is -2.36. The fourth-order valence-corrected chi connectivity index (χ4v) is 4.74. The normalized spacial score (nSPS) is 20.5. The minimum atomic E-state index is -3.87. The van der Waals surface area contributed by atoms with Crippen LogP contribution in [0.4, 0.5) is 0 Å². The summed E-state index contributed by atoms with van der Waals surface area (Å²) < 4.78 is 32.2. The Balaban J connectivity index is 1.84. The minimum Gasteiger partial charge on any atom is -0.452 e. The van der Waals surface area contributed by atoms with Gasteiger partial charge in [-0.2, -0.15) is 0 Å². The molecule has 0 spiro atoms. The topological polar surface area (TPSA) is 110 Å². The number of likely N-dealkylation sites (tertiary alicyclic amines) is 1. The predicted molar refractivity (Wildman–Crippen MR) is 111 cm³/mol. The van der Waals surface area contributed by atoms with Gasteiger partial charge in [0.25, 0.3) is 5.91 Å². The number of rotatable bonds is 8. The third kappa shape index (κ3) is 6.63. The first-order valence-corrected chi connectivity index (χ1v) is 11.6. The van der Waals surface area contributed by atoms with Gasteiger partial charge in [-0.25, -0.2) is 13.1 Å². The monoisotopic (exact) mass is 438 g/mol. The molecule has 1 aliphatic rings. The molecule has 1 N–H and O–H groups in total. The Morgan fingerprint density at radius 2 is 1.83 bits per heavy atom. The van der Waals surface area contributed by atoms with Gasteiger partial charge in [-0.3, -0.25) is 14.4 Å². The van der Waals surface area contributed by atoms with Crippen LogP contribution in [0.5, 0.6) is 0 Å². The summed E-state index contributed by atoms with van der Waals surface area (Å²) in [5.74, 6) is -0.336. The number of nitrogens with zero attached hydrogens (tertiary/aromatic N) is 1. The third-order valence-electron chi connectivity index (χ3n) is 5.01. The minimum absolute atomic E-state index is 0.0551. The third-order valence-corrected chi connectivity index (χ3v) is 6.47. The number of ketones is 1. The summed E-state index contributed by atoms with van der Waals surface area (Å²) in [7, 11) is -3.87. The van der Waals surface area contributed by atoms with Crippen LogP contribution in [0.3, 0.4) is 0 Å². The van der Waals surface area contributed by atoms with Gasteiger partial charge < -0.3 is 9.64 Å². The van der Waals surface area contributed by atoms with E-state index in [-0.39, 0.29) is 35.1 Å². The molecular weight excluding hydrogens is 408 g/mol. The highest BCUT2D eigenvalue weighted by Crippen LogP contribution is 2.22. The largest absolute Gasteiger partial charge is 0.452 e. The Hall–Kier alpha value is -2.26. The standard InChI is InChI=1S/C21H30N2O6S/c1-14-10-15(2)13-23(12-14)21(26)17(4)29-20(25)8-9-22-30(27,28)19-7-5-6-18(11-19)16(3)24/h5-7,11,14-15,17,22H,8-10,12-13H2,1-4H3/t14-,15-,17-/m1/s1. The lowest BCUT2D eigenvalue weighted by atomic mass is 9.91. The lowest BCUT2D eigenvalue weighted by molar-refractivity contribution is -0.160. The second-order valence-corrected chi connectivity index (χ2v) is 9.82. The number of Topliss-reactive ketones (excluding diaryl/α,β-unsaturated/α-hetero) is 1. The second kappa shape index (κ2) is 10.2. The van der Waals surface area contributed by atoms with Crippen LogP contribution in [0.25, 0.3) is 0 Å². The molecule has 0 saturated carbocycles. The molecule has 1 aliphatic heterocycles. The molecule has 166 valence electrons. The van der Waals surface area contributed by atoms with Crippen molar-refractivity contribution in [1.82, 2.24) is 9.62 Å². The van der Waals surface area contributed by atoms with Gasteiger partial charge in [-0.15, -0.1) is 0 Å². The average molecular weight is 439 g/mol. The molecule has 0 radical (unpaired) electrons. The van der Waals surface area contributed by atoms with E-state index in [9.17, 15) is 22.8 Å². The summed E-state index contributed by atoms with van der Waals surface area (Å²) in [6.07, 6.45) is -0.0671. The Kier molecular flexibility index (Phi) is 8.14. The molecule has 0 unspecified atom stereocenters. The van der Waals surface area contributed by atoms with Crippen molar-refractivity contribution in [2.45, 2.75) is 51.5 Å². The Morgan fingerprint density at radius 1 is 1.20 bits per heavy atom. The summed E-state index contributed by atoms with van der Waals surface area (Å²) in [6, 6.07) is 5.66. The van der Waals surface area contributed by atoms with Crippen LogP contribution in [-0.4, -0.2) is 56.7 Å². The van der Waals surface area contributed by atoms with Crippen LogP contribution < -0.4 is 4.72 Å². The zero-order valence-electron chi connectivity index (χ0n) is 17.9. The molecule has 2 rings (SSSR count). The van der Waals surface area contributed by atoms with Crippen molar-refractivity contribution in [2.75, 3.05) is 19.6 Å². The van der Waals surface area contributed by atoms with Gasteiger partial charge in [0.1, 0.15) is 0 Å². The zero-order chi connectivity index (χ0) is 22.5. The maximum absolute atomic E-state index is 12.5. The smallest absolute Gasteiger partial charge is 0.307 e. The Morgan fingerprint density at radius 3 is 2.43 bits per heavy atom. The second-order valence-electron chi connectivity index (χ2n) is 8.05. The van der Waals surface area contributed by atoms with E-state index in [4.69, 9.17) is 4.74 Å². The van der Waals surface area contributed by atoms with E-state index >= 15 is 0 Å². The van der Waals surface area contributed by atoms with E-state index in [0.717, 1.165) is 6.42 Å². The molecule has 1 heterocycles. The van der Waals surface area contributed by atoms with E-state index < -0.39 is 22.1 Å². The number of sulfonamides is 1. The number of hydrogen-bond acceptors (Lipinski definition) is 6. The van der Waals surface area contributed by atoms with Gasteiger partial charge in [0.2, 0.25) is 10.0 Å². The van der Waals surface area contributed by atoms with Crippen molar-refractivity contribution in [1.29, 1.82) is 0 Å². The van der Waals surface area contributed by atoms with Crippen molar-refractivity contribution < 1.29 is 27.5 Å². The molecule has 30 heavy (non-hydrogen) atoms. The van der Waals surface area contributed by atoms with E-state index in [1.807, 2.05) is 0 Å². The Bertz CT molecular complexity index is 889. The van der Waals surface area contributed by atoms with Gasteiger partial charge in [-0.1, -0.05) is 26.0 Å². The van der Waals surface area contributed by atoms with E-state index in [1.165, 1.54) is 38.1 Å². The number of ether oxygens (including phenoxy) is 1. The van der Waals surface area contributed by atoms with Gasteiger partial charge in [0.05, 0.1) is 11.3 Å². The van der Waals surface area contributed by atoms with Crippen molar-refractivity contribution in [2.24, 2.45) is 11.8 Å². The molecule has 0 aromatic heterocycles. The highest BCUT2D eigenvalue weighted by molar-refractivity contribution is 7.89. The molecule has 1 aromatic carbocycles. The van der Waals surface area contributed by atoms with Gasteiger partial charge >= 0.3 is 5.97 Å². The number of hydrogen-bond donors (Lipinski definition) is 1. The van der Waals surface area contributed by atoms with Crippen LogP contribution in [0.2, 0.25) is 0 Å². The van der Waals surface area contributed by atoms with Gasteiger partial charge in [0.15, 0.2) is 11.9 Å². The first-order valence-electron chi connectivity index (χ1n) is 10.1. The summed E-state index contributed by atoms with van der Waals surface area (Å²) >= 11 is 0. The van der Waals surface area contributed by atoms with Gasteiger partial charge in [0, 0.05) is 25.2 Å². The molecule has 1 saturated heterocycles. The van der Waals surface area contributed by atoms with Crippen molar-refractivity contribution in [3.05, 3.63) is 29.8 Å². The summed E-state index contributed by atoms with van der Waals surface area (Å²) in [6.45, 7) is 8.17. The highest BCUT2D eigenvalue weighted by Gasteiger charge is 2.30. The van der Waals surface area contributed by atoms with Crippen molar-refractivity contribution in [3.8, 4) is 0 Å². The molecule has 1 aromatic rings. The first kappa shape index (κ1) is 24.0. The number of carbonyl (C=O) groups is 3. The van der Waals surface area contributed by atoms with Crippen LogP contribution >= 0.6 is 0 Å². The summed E-state index contributed by atoms with van der Waals surface area (Å²) in [5, 5.41) is 0. The zero-order valence-corrected chi connectivity index (χ0v) is 18.7. The first-order chi connectivity index (χ1) is 14.0. The molecule has 1 fully saturated rings. The Labute approximate surface area is 178 Å². The molecule has 9 heteroatoms. The molecule has 8 nitrogen and oxygen atoms in total. The predicted octanol–water partition coefficient (Wildman–Crippen LogP) is 1.99. The van der Waals surface area contributed by atoms with E-state index in [0.29, 0.717) is 24.9 Å². The molecule has 0 bridgehead atoms. The van der Waals surface area contributed by atoms with Gasteiger partial charge in [-0.05, 0) is 44.2 Å². The molecule has 1 amide bonds. The fourth-order valence-electron chi connectivity index (χ4n) is 3.66. The van der Waals surface area contributed by atoms with Crippen molar-refractivity contribution in [3.63, 3.8) is 0 Å². The number of carbonyl (C=O) groups excluding carboxylic acids is 3.